The van der Waals surface area contributed by atoms with Gasteiger partial charge < -0.3 is 13.7 Å². The first-order valence-electron chi connectivity index (χ1n) is 22.0. The van der Waals surface area contributed by atoms with Gasteiger partial charge in [0.05, 0.1) is 50.2 Å². The summed E-state index contributed by atoms with van der Waals surface area (Å²) in [6.45, 7) is 2.35. The van der Waals surface area contributed by atoms with Crippen LogP contribution in [0.5, 0.6) is 0 Å². The number of hydrogen-bond donors (Lipinski definition) is 0. The lowest BCUT2D eigenvalue weighted by atomic mass is 9.93. The van der Waals surface area contributed by atoms with E-state index in [-0.39, 0.29) is 5.92 Å². The number of fused-ring (bicyclic) bond motifs is 9. The van der Waals surface area contributed by atoms with Crippen LogP contribution in [0.1, 0.15) is 30.5 Å². The van der Waals surface area contributed by atoms with E-state index in [1.807, 2.05) is 36.4 Å². The zero-order valence-electron chi connectivity index (χ0n) is 35.1. The number of hydrogen-bond acceptors (Lipinski definition) is 3. The second-order valence-corrected chi connectivity index (χ2v) is 16.8. The molecule has 302 valence electrons. The molecule has 1 aliphatic rings. The Hall–Kier alpha value is -8.35. The fourth-order valence-electron chi connectivity index (χ4n) is 10.4. The molecule has 0 aliphatic heterocycles. The molecule has 1 atom stereocenters. The molecule has 0 saturated heterocycles. The molecule has 0 radical (unpaired) electrons. The van der Waals surface area contributed by atoms with Crippen LogP contribution in [0.2, 0.25) is 0 Å². The van der Waals surface area contributed by atoms with E-state index in [1.54, 1.807) is 0 Å². The van der Waals surface area contributed by atoms with E-state index in [4.69, 9.17) is 15.0 Å². The Bertz CT molecular complexity index is 3670. The highest BCUT2D eigenvalue weighted by atomic mass is 15.1. The lowest BCUT2D eigenvalue weighted by Crippen LogP contribution is -2.13. The summed E-state index contributed by atoms with van der Waals surface area (Å²) in [7, 11) is 0. The Morgan fingerprint density at radius 3 is 1.31 bits per heavy atom. The maximum atomic E-state index is 5.59. The smallest absolute Gasteiger partial charge is 0.168 e. The van der Waals surface area contributed by atoms with Gasteiger partial charge in [0.15, 0.2) is 17.5 Å². The molecular weight excluding hydrogens is 781 g/mol. The number of nitrogens with zero attached hydrogens (tertiary/aromatic N) is 6. The summed E-state index contributed by atoms with van der Waals surface area (Å²) in [5.74, 6) is 2.07. The first-order valence-corrected chi connectivity index (χ1v) is 22.0. The SMILES string of the molecule is CC1CC=Cc2c1n(-c1ccc(-n3c4ccccc4c4ccccc43)c(-n3c4ccccc4c4ccccc43)c1-c1nc(-c3ccccc3)nc(-c3ccccc3)n1)c1ccccc21. The first kappa shape index (κ1) is 36.3. The van der Waals surface area contributed by atoms with Gasteiger partial charge in [0.2, 0.25) is 0 Å². The lowest BCUT2D eigenvalue weighted by molar-refractivity contribution is 0.723. The molecule has 0 N–H and O–H groups in total. The third kappa shape index (κ3) is 5.42. The summed E-state index contributed by atoms with van der Waals surface area (Å²) in [6.07, 6.45) is 5.59. The molecule has 8 aromatic carbocycles. The summed E-state index contributed by atoms with van der Waals surface area (Å²) >= 11 is 0. The molecule has 13 rings (SSSR count). The van der Waals surface area contributed by atoms with Crippen LogP contribution < -0.4 is 0 Å². The quantitative estimate of drug-likeness (QED) is 0.168. The van der Waals surface area contributed by atoms with Crippen molar-refractivity contribution in [3.8, 4) is 51.2 Å². The minimum atomic E-state index is 0.257. The molecule has 4 heterocycles. The number of rotatable bonds is 6. The minimum Gasteiger partial charge on any atom is -0.312 e. The summed E-state index contributed by atoms with van der Waals surface area (Å²) in [4.78, 5) is 16.4. The predicted octanol–water partition coefficient (Wildman–Crippen LogP) is 14.5. The van der Waals surface area contributed by atoms with Gasteiger partial charge >= 0.3 is 0 Å². The molecular formula is C58H40N6. The van der Waals surface area contributed by atoms with Gasteiger partial charge in [-0.05, 0) is 48.9 Å². The monoisotopic (exact) mass is 820 g/mol. The molecule has 0 fully saturated rings. The van der Waals surface area contributed by atoms with E-state index in [9.17, 15) is 0 Å². The van der Waals surface area contributed by atoms with Crippen LogP contribution in [0.3, 0.4) is 0 Å². The molecule has 6 nitrogen and oxygen atoms in total. The van der Waals surface area contributed by atoms with Crippen molar-refractivity contribution in [2.24, 2.45) is 0 Å². The molecule has 1 aliphatic carbocycles. The zero-order chi connectivity index (χ0) is 42.3. The van der Waals surface area contributed by atoms with E-state index in [0.29, 0.717) is 17.5 Å². The van der Waals surface area contributed by atoms with Gasteiger partial charge in [-0.25, -0.2) is 15.0 Å². The van der Waals surface area contributed by atoms with Crippen molar-refractivity contribution >= 4 is 60.6 Å². The number of aromatic nitrogens is 6. The van der Waals surface area contributed by atoms with E-state index < -0.39 is 0 Å². The summed E-state index contributed by atoms with van der Waals surface area (Å²) < 4.78 is 7.43. The van der Waals surface area contributed by atoms with Crippen LogP contribution in [0.4, 0.5) is 0 Å². The van der Waals surface area contributed by atoms with Crippen LogP contribution in [0.25, 0.3) is 112 Å². The third-order valence-electron chi connectivity index (χ3n) is 13.1. The van der Waals surface area contributed by atoms with Crippen molar-refractivity contribution in [2.75, 3.05) is 0 Å². The van der Waals surface area contributed by atoms with Gasteiger partial charge in [-0.3, -0.25) is 0 Å². The molecule has 0 bridgehead atoms. The summed E-state index contributed by atoms with van der Waals surface area (Å²) in [5.41, 5.74) is 13.9. The Kier molecular flexibility index (Phi) is 8.15. The van der Waals surface area contributed by atoms with Crippen molar-refractivity contribution in [3.05, 3.63) is 211 Å². The predicted molar refractivity (Wildman–Crippen MR) is 264 cm³/mol. The van der Waals surface area contributed by atoms with Crippen LogP contribution in [0, 0.1) is 0 Å². The zero-order valence-corrected chi connectivity index (χ0v) is 35.1. The third-order valence-corrected chi connectivity index (χ3v) is 13.1. The van der Waals surface area contributed by atoms with E-state index in [2.05, 4.69) is 191 Å². The molecule has 12 aromatic rings. The van der Waals surface area contributed by atoms with E-state index in [0.717, 1.165) is 67.8 Å². The first-order chi connectivity index (χ1) is 31.7. The van der Waals surface area contributed by atoms with Crippen molar-refractivity contribution in [3.63, 3.8) is 0 Å². The van der Waals surface area contributed by atoms with Gasteiger partial charge in [0, 0.05) is 55.2 Å². The van der Waals surface area contributed by atoms with Crippen molar-refractivity contribution < 1.29 is 0 Å². The second kappa shape index (κ2) is 14.4. The Labute approximate surface area is 369 Å². The van der Waals surface area contributed by atoms with Crippen LogP contribution in [-0.4, -0.2) is 28.7 Å². The molecule has 0 amide bonds. The molecule has 0 spiro atoms. The maximum absolute atomic E-state index is 5.59. The number of para-hydroxylation sites is 5. The molecule has 1 unspecified atom stereocenters. The highest BCUT2D eigenvalue weighted by Crippen LogP contribution is 2.47. The van der Waals surface area contributed by atoms with Crippen molar-refractivity contribution in [1.29, 1.82) is 0 Å². The normalized spacial score (nSPS) is 13.7. The Morgan fingerprint density at radius 2 is 0.797 bits per heavy atom. The highest BCUT2D eigenvalue weighted by Gasteiger charge is 2.31. The largest absolute Gasteiger partial charge is 0.312 e. The average molecular weight is 821 g/mol. The van der Waals surface area contributed by atoms with E-state index in [1.165, 1.54) is 38.2 Å². The minimum absolute atomic E-state index is 0.257. The molecule has 0 saturated carbocycles. The van der Waals surface area contributed by atoms with Crippen LogP contribution in [0.15, 0.2) is 200 Å². The molecule has 6 heteroatoms. The van der Waals surface area contributed by atoms with Gasteiger partial charge in [-0.1, -0.05) is 171 Å². The molecule has 4 aromatic heterocycles. The van der Waals surface area contributed by atoms with Crippen molar-refractivity contribution in [2.45, 2.75) is 19.3 Å². The standard InChI is InChI=1S/C58H40N6/c1-37-19-18-29-45-44-28-12-17-34-50(44)64(54(37)45)51-35-36-52(62-46-30-13-8-24-40(46)41-25-9-14-31-47(41)62)55(63-48-32-15-10-26-42(48)43-27-11-16-33-49(43)63)53(51)58-60-56(38-20-4-2-5-21-38)59-57(61-58)39-22-6-3-7-23-39/h2-18,20-37H,19H2,1H3. The second-order valence-electron chi connectivity index (χ2n) is 16.8. The Morgan fingerprint density at radius 1 is 0.391 bits per heavy atom. The summed E-state index contributed by atoms with van der Waals surface area (Å²) in [6, 6.07) is 69.2. The van der Waals surface area contributed by atoms with Crippen LogP contribution >= 0.6 is 0 Å². The topological polar surface area (TPSA) is 53.5 Å². The van der Waals surface area contributed by atoms with Crippen LogP contribution in [-0.2, 0) is 0 Å². The lowest BCUT2D eigenvalue weighted by Gasteiger charge is -2.26. The average Bonchev–Trinajstić information content (AvgIpc) is 4.00. The maximum Gasteiger partial charge on any atom is 0.168 e. The van der Waals surface area contributed by atoms with Gasteiger partial charge in [0.1, 0.15) is 0 Å². The summed E-state index contributed by atoms with van der Waals surface area (Å²) in [5, 5.41) is 5.97. The highest BCUT2D eigenvalue weighted by molar-refractivity contribution is 6.12. The fourth-order valence-corrected chi connectivity index (χ4v) is 10.4. The Balaban J connectivity index is 1.29. The van der Waals surface area contributed by atoms with Gasteiger partial charge in [-0.2, -0.15) is 0 Å². The van der Waals surface area contributed by atoms with Gasteiger partial charge in [0.25, 0.3) is 0 Å². The van der Waals surface area contributed by atoms with Gasteiger partial charge in [-0.15, -0.1) is 0 Å². The number of benzene rings is 8. The van der Waals surface area contributed by atoms with Crippen molar-refractivity contribution in [1.82, 2.24) is 28.7 Å². The number of allylic oxidation sites excluding steroid dienone is 1. The fraction of sp³-hybridized carbons (Fsp3) is 0.0517. The van der Waals surface area contributed by atoms with E-state index >= 15 is 0 Å². The molecule has 64 heavy (non-hydrogen) atoms.